The van der Waals surface area contributed by atoms with Gasteiger partial charge in [-0.3, -0.25) is 4.79 Å². The number of esters is 1. The average molecular weight is 767 g/mol. The minimum Gasteiger partial charge on any atom is -0.462 e. The Bertz CT molecular complexity index is 1350. The zero-order valence-corrected chi connectivity index (χ0v) is 37.5. The van der Waals surface area contributed by atoms with E-state index in [2.05, 4.69) is 127 Å². The zero-order chi connectivity index (χ0) is 40.2. The predicted molar refractivity (Wildman–Crippen MR) is 243 cm³/mol. The van der Waals surface area contributed by atoms with Gasteiger partial charge in [-0.2, -0.15) is 0 Å². The molecule has 0 bridgehead atoms. The molecule has 3 fully saturated rings. The lowest BCUT2D eigenvalue weighted by Gasteiger charge is -2.58. The Morgan fingerprint density at radius 2 is 1.32 bits per heavy atom. The quantitative estimate of drug-likeness (QED) is 0.0556. The van der Waals surface area contributed by atoms with Gasteiger partial charge in [0.15, 0.2) is 0 Å². The molecule has 0 saturated heterocycles. The van der Waals surface area contributed by atoms with Crippen LogP contribution in [-0.4, -0.2) is 12.1 Å². The van der Waals surface area contributed by atoms with Crippen LogP contribution in [0, 0.1) is 52.3 Å². The van der Waals surface area contributed by atoms with Crippen molar-refractivity contribution in [2.24, 2.45) is 52.3 Å². The van der Waals surface area contributed by atoms with Crippen LogP contribution in [-0.2, 0) is 9.53 Å². The van der Waals surface area contributed by atoms with E-state index in [1.807, 2.05) is 0 Å². The third kappa shape index (κ3) is 13.9. The highest BCUT2D eigenvalue weighted by molar-refractivity contribution is 5.69. The van der Waals surface area contributed by atoms with Crippen LogP contribution >= 0.6 is 0 Å². The summed E-state index contributed by atoms with van der Waals surface area (Å²) in [5.41, 5.74) is 2.48. The Balaban J connectivity index is 1.05. The fourth-order valence-electron chi connectivity index (χ4n) is 11.5. The molecule has 4 aliphatic carbocycles. The lowest BCUT2D eigenvalue weighted by molar-refractivity contribution is -0.151. The molecule has 0 aromatic heterocycles. The number of hydrogen-bond donors (Lipinski definition) is 0. The first-order valence-corrected chi connectivity index (χ1v) is 23.9. The summed E-state index contributed by atoms with van der Waals surface area (Å²) in [5.74, 6) is 6.00. The van der Waals surface area contributed by atoms with Crippen molar-refractivity contribution in [3.8, 4) is 0 Å². The van der Waals surface area contributed by atoms with Gasteiger partial charge in [0, 0.05) is 12.8 Å². The Kier molecular flexibility index (Phi) is 20.3. The van der Waals surface area contributed by atoms with Gasteiger partial charge in [-0.15, -0.1) is 0 Å². The van der Waals surface area contributed by atoms with Crippen molar-refractivity contribution in [1.82, 2.24) is 0 Å². The molecule has 0 aromatic rings. The molecule has 9 atom stereocenters. The van der Waals surface area contributed by atoms with Gasteiger partial charge in [-0.1, -0.05) is 159 Å². The molecule has 0 heterocycles. The van der Waals surface area contributed by atoms with Gasteiger partial charge in [0.25, 0.3) is 0 Å². The molecule has 56 heavy (non-hydrogen) atoms. The topological polar surface area (TPSA) is 26.3 Å². The van der Waals surface area contributed by atoms with Crippen LogP contribution in [0.4, 0.5) is 0 Å². The van der Waals surface area contributed by atoms with E-state index in [1.54, 1.807) is 5.57 Å². The number of fused-ring (bicyclic) bond motifs is 5. The van der Waals surface area contributed by atoms with Gasteiger partial charge >= 0.3 is 5.97 Å². The summed E-state index contributed by atoms with van der Waals surface area (Å²) in [7, 11) is 0. The van der Waals surface area contributed by atoms with Crippen LogP contribution in [0.5, 0.6) is 0 Å². The number of allylic oxidation sites excluding steroid dienone is 13. The minimum atomic E-state index is 0.0344. The molecular formula is C54H86O2. The molecular weight excluding hydrogens is 681 g/mol. The first-order valence-electron chi connectivity index (χ1n) is 23.9. The Morgan fingerprint density at radius 3 is 1.95 bits per heavy atom. The van der Waals surface area contributed by atoms with Crippen molar-refractivity contribution in [1.29, 1.82) is 0 Å². The van der Waals surface area contributed by atoms with Crippen LogP contribution in [0.15, 0.2) is 84.6 Å². The van der Waals surface area contributed by atoms with Crippen molar-refractivity contribution < 1.29 is 9.53 Å². The minimum absolute atomic E-state index is 0.0344. The average Bonchev–Trinajstić information content (AvgIpc) is 3.54. The highest BCUT2D eigenvalue weighted by Gasteiger charge is 2.59. The van der Waals surface area contributed by atoms with Gasteiger partial charge in [-0.25, -0.2) is 0 Å². The summed E-state index contributed by atoms with van der Waals surface area (Å²) in [5, 5.41) is 0. The fraction of sp³-hybridized carbons (Fsp3) is 0.722. The SMILES string of the molecule is CC/C=C\C/C=C\C/C=C\C/C=C\C/C=C\C/C=C\CCCCCCC(=O)OC1CCC2(C)C(=CCC3C2CCC2(C)C(C(C)CCC(C)C(C)C)CCC32)C1. The first-order chi connectivity index (χ1) is 27.1. The van der Waals surface area contributed by atoms with E-state index in [9.17, 15) is 4.79 Å². The van der Waals surface area contributed by atoms with E-state index in [0.717, 1.165) is 112 Å². The molecule has 4 rings (SSSR count). The van der Waals surface area contributed by atoms with Crippen LogP contribution in [0.25, 0.3) is 0 Å². The lowest BCUT2D eigenvalue weighted by Crippen LogP contribution is -2.51. The highest BCUT2D eigenvalue weighted by atomic mass is 16.5. The van der Waals surface area contributed by atoms with Crippen LogP contribution in [0.2, 0.25) is 0 Å². The third-order valence-electron chi connectivity index (χ3n) is 15.4. The van der Waals surface area contributed by atoms with Gasteiger partial charge in [0.2, 0.25) is 0 Å². The van der Waals surface area contributed by atoms with Crippen molar-refractivity contribution in [3.05, 3.63) is 84.6 Å². The second-order valence-electron chi connectivity index (χ2n) is 19.5. The van der Waals surface area contributed by atoms with Crippen LogP contribution < -0.4 is 0 Å². The predicted octanol–water partition coefficient (Wildman–Crippen LogP) is 16.2. The summed E-state index contributed by atoms with van der Waals surface area (Å²) >= 11 is 0. The van der Waals surface area contributed by atoms with E-state index in [1.165, 1.54) is 64.2 Å². The maximum absolute atomic E-state index is 12.9. The van der Waals surface area contributed by atoms with Crippen molar-refractivity contribution in [2.75, 3.05) is 0 Å². The molecule has 0 aromatic carbocycles. The summed E-state index contributed by atoms with van der Waals surface area (Å²) in [6.45, 7) is 17.3. The van der Waals surface area contributed by atoms with E-state index >= 15 is 0 Å². The molecule has 0 amide bonds. The normalized spacial score (nSPS) is 30.6. The molecule has 3 saturated carbocycles. The number of carbonyl (C=O) groups is 1. The molecule has 2 heteroatoms. The molecule has 0 N–H and O–H groups in total. The Hall–Kier alpha value is -2.35. The van der Waals surface area contributed by atoms with Gasteiger partial charge in [0.05, 0.1) is 0 Å². The summed E-state index contributed by atoms with van der Waals surface area (Å²) in [6.07, 6.45) is 55.2. The Morgan fingerprint density at radius 1 is 0.714 bits per heavy atom. The number of ether oxygens (including phenoxy) is 1. The summed E-state index contributed by atoms with van der Waals surface area (Å²) < 4.78 is 6.14. The number of carbonyl (C=O) groups excluding carboxylic acids is 1. The molecule has 9 unspecified atom stereocenters. The van der Waals surface area contributed by atoms with Gasteiger partial charge in [-0.05, 0) is 155 Å². The second-order valence-corrected chi connectivity index (χ2v) is 19.5. The Labute approximate surface area is 347 Å². The standard InChI is InChI=1S/C54H86O2/c1-8-9-10-11-12-13-14-15-16-17-18-19-20-21-22-23-24-25-26-27-28-29-30-31-52(55)56-47-38-40-53(6)46(42-47)34-35-48-50-37-36-49(54(50,7)41-39-51(48)53)45(5)33-32-44(4)43(2)3/h9-10,12-13,15-16,18-19,21-22,24-25,34,43-45,47-51H,8,11,14,17,20,23,26-33,35-42H2,1-7H3/b10-9-,13-12-,16-15-,19-18-,22-21-,25-24-. The van der Waals surface area contributed by atoms with Crippen LogP contribution in [0.1, 0.15) is 190 Å². The monoisotopic (exact) mass is 767 g/mol. The third-order valence-corrected chi connectivity index (χ3v) is 15.4. The summed E-state index contributed by atoms with van der Waals surface area (Å²) in [4.78, 5) is 12.9. The molecule has 0 spiro atoms. The van der Waals surface area contributed by atoms with E-state index in [4.69, 9.17) is 4.74 Å². The number of unbranched alkanes of at least 4 members (excludes halogenated alkanes) is 4. The molecule has 4 aliphatic rings. The molecule has 2 nitrogen and oxygen atoms in total. The number of rotatable bonds is 24. The maximum Gasteiger partial charge on any atom is 0.306 e. The zero-order valence-electron chi connectivity index (χ0n) is 37.5. The van der Waals surface area contributed by atoms with Crippen LogP contribution in [0.3, 0.4) is 0 Å². The largest absolute Gasteiger partial charge is 0.462 e. The van der Waals surface area contributed by atoms with Gasteiger partial charge < -0.3 is 4.74 Å². The smallest absolute Gasteiger partial charge is 0.306 e. The second kappa shape index (κ2) is 24.5. The van der Waals surface area contributed by atoms with Crippen molar-refractivity contribution in [2.45, 2.75) is 196 Å². The fourth-order valence-corrected chi connectivity index (χ4v) is 11.5. The molecule has 314 valence electrons. The molecule has 0 radical (unpaired) electrons. The van der Waals surface area contributed by atoms with Crippen molar-refractivity contribution in [3.63, 3.8) is 0 Å². The maximum atomic E-state index is 12.9. The van der Waals surface area contributed by atoms with E-state index in [0.29, 0.717) is 17.3 Å². The van der Waals surface area contributed by atoms with E-state index in [-0.39, 0.29) is 12.1 Å². The van der Waals surface area contributed by atoms with Gasteiger partial charge in [0.1, 0.15) is 6.10 Å². The van der Waals surface area contributed by atoms with Crippen molar-refractivity contribution >= 4 is 5.97 Å². The molecule has 0 aliphatic heterocycles. The lowest BCUT2D eigenvalue weighted by atomic mass is 9.47. The highest BCUT2D eigenvalue weighted by Crippen LogP contribution is 2.67. The summed E-state index contributed by atoms with van der Waals surface area (Å²) in [6, 6.07) is 0. The van der Waals surface area contributed by atoms with E-state index < -0.39 is 0 Å². The first kappa shape index (κ1) is 46.3. The number of hydrogen-bond acceptors (Lipinski definition) is 2.